The van der Waals surface area contributed by atoms with Gasteiger partial charge in [0, 0.05) is 5.02 Å². The molecule has 25 heavy (non-hydrogen) atoms. The fourth-order valence-electron chi connectivity index (χ4n) is 2.00. The maximum absolute atomic E-state index is 12.5. The van der Waals surface area contributed by atoms with E-state index in [1.807, 2.05) is 37.3 Å². The first-order valence-corrected chi connectivity index (χ1v) is 8.47. The number of amides is 1. The number of hydrogen-bond acceptors (Lipinski definition) is 3. The Hall–Kier alpha value is -2.30. The Balaban J connectivity index is 2.27. The number of carbonyl (C=O) groups excluding carboxylic acids is 2. The Morgan fingerprint density at radius 3 is 2.48 bits per heavy atom. The molecule has 0 aliphatic carbocycles. The predicted molar refractivity (Wildman–Crippen MR) is 99.6 cm³/mol. The third kappa shape index (κ3) is 5.62. The summed E-state index contributed by atoms with van der Waals surface area (Å²) in [5.41, 5.74) is 1.01. The van der Waals surface area contributed by atoms with Crippen molar-refractivity contribution < 1.29 is 14.3 Å². The molecule has 0 aliphatic heterocycles. The summed E-state index contributed by atoms with van der Waals surface area (Å²) in [7, 11) is 0. The van der Waals surface area contributed by atoms with E-state index in [0.29, 0.717) is 11.4 Å². The maximum Gasteiger partial charge on any atom is 0.354 e. The van der Waals surface area contributed by atoms with Crippen LogP contribution in [0.5, 0.6) is 0 Å². The van der Waals surface area contributed by atoms with Crippen LogP contribution in [0.3, 0.4) is 0 Å². The second kappa shape index (κ2) is 9.25. The average molecular weight is 378 g/mol. The molecule has 0 fully saturated rings. The molecule has 2 rings (SSSR count). The number of halogens is 2. The van der Waals surface area contributed by atoms with Crippen molar-refractivity contribution in [3.05, 3.63) is 75.4 Å². The molecule has 0 aliphatic rings. The molecule has 0 spiro atoms. The van der Waals surface area contributed by atoms with Crippen molar-refractivity contribution in [3.63, 3.8) is 0 Å². The Kier molecular flexibility index (Phi) is 7.04. The maximum atomic E-state index is 12.5. The number of ether oxygens (including phenoxy) is 1. The Morgan fingerprint density at radius 1 is 1.12 bits per heavy atom. The highest BCUT2D eigenvalue weighted by atomic mass is 35.5. The molecule has 2 aromatic rings. The van der Waals surface area contributed by atoms with E-state index >= 15 is 0 Å². The minimum absolute atomic E-state index is 0.0377. The molecule has 0 heterocycles. The zero-order chi connectivity index (χ0) is 18.2. The molecule has 0 bridgehead atoms. The summed E-state index contributed by atoms with van der Waals surface area (Å²) in [5.74, 6) is -1.12. The van der Waals surface area contributed by atoms with Crippen LogP contribution in [0.2, 0.25) is 10.0 Å². The third-order valence-corrected chi connectivity index (χ3v) is 3.74. The van der Waals surface area contributed by atoms with Crippen molar-refractivity contribution in [3.8, 4) is 0 Å². The standard InChI is InChI=1S/C19H17Cl2NO3/c1-2-10-25-19(24)17(11-13-6-4-3-5-7-13)22-18(23)15-9-8-14(20)12-16(15)21/h3-9,11-12H,2,10H2,1H3,(H,22,23)/b17-11-. The number of rotatable bonds is 6. The van der Waals surface area contributed by atoms with Gasteiger partial charge in [-0.1, -0.05) is 60.5 Å². The van der Waals surface area contributed by atoms with Crippen molar-refractivity contribution in [2.24, 2.45) is 0 Å². The topological polar surface area (TPSA) is 55.4 Å². The van der Waals surface area contributed by atoms with Crippen LogP contribution in [0.15, 0.2) is 54.2 Å². The van der Waals surface area contributed by atoms with Gasteiger partial charge in [-0.05, 0) is 36.3 Å². The zero-order valence-corrected chi connectivity index (χ0v) is 15.1. The van der Waals surface area contributed by atoms with Crippen LogP contribution in [-0.2, 0) is 9.53 Å². The summed E-state index contributed by atoms with van der Waals surface area (Å²) in [6.07, 6.45) is 2.24. The van der Waals surface area contributed by atoms with E-state index in [4.69, 9.17) is 27.9 Å². The first-order chi connectivity index (χ1) is 12.0. The quantitative estimate of drug-likeness (QED) is 0.585. The van der Waals surface area contributed by atoms with E-state index in [9.17, 15) is 9.59 Å². The molecule has 4 nitrogen and oxygen atoms in total. The van der Waals surface area contributed by atoms with Crippen LogP contribution in [0, 0.1) is 0 Å². The third-order valence-electron chi connectivity index (χ3n) is 3.19. The molecule has 1 amide bonds. The van der Waals surface area contributed by atoms with Gasteiger partial charge in [-0.3, -0.25) is 4.79 Å². The number of hydrogen-bond donors (Lipinski definition) is 1. The van der Waals surface area contributed by atoms with Crippen LogP contribution in [-0.4, -0.2) is 18.5 Å². The van der Waals surface area contributed by atoms with Gasteiger partial charge in [0.05, 0.1) is 17.2 Å². The first kappa shape index (κ1) is 19.0. The molecule has 0 unspecified atom stereocenters. The number of carbonyl (C=O) groups is 2. The molecule has 2 aromatic carbocycles. The number of esters is 1. The van der Waals surface area contributed by atoms with E-state index in [-0.39, 0.29) is 22.9 Å². The highest BCUT2D eigenvalue weighted by Gasteiger charge is 2.17. The summed E-state index contributed by atoms with van der Waals surface area (Å²) >= 11 is 11.9. The molecule has 0 saturated carbocycles. The van der Waals surface area contributed by atoms with E-state index in [1.54, 1.807) is 12.1 Å². The minimum Gasteiger partial charge on any atom is -0.461 e. The second-order valence-corrected chi connectivity index (χ2v) is 6.03. The summed E-state index contributed by atoms with van der Waals surface area (Å²) in [6.45, 7) is 2.16. The van der Waals surface area contributed by atoms with E-state index in [0.717, 1.165) is 5.56 Å². The fourth-order valence-corrected chi connectivity index (χ4v) is 2.49. The molecule has 0 radical (unpaired) electrons. The van der Waals surface area contributed by atoms with Gasteiger partial charge in [0.2, 0.25) is 0 Å². The second-order valence-electron chi connectivity index (χ2n) is 5.18. The van der Waals surface area contributed by atoms with Crippen LogP contribution < -0.4 is 5.32 Å². The lowest BCUT2D eigenvalue weighted by atomic mass is 10.1. The van der Waals surface area contributed by atoms with Crippen molar-refractivity contribution in [1.82, 2.24) is 5.32 Å². The molecular formula is C19H17Cl2NO3. The van der Waals surface area contributed by atoms with E-state index in [2.05, 4.69) is 5.32 Å². The summed E-state index contributed by atoms with van der Waals surface area (Å²) in [5, 5.41) is 3.19. The van der Waals surface area contributed by atoms with Crippen LogP contribution in [0.1, 0.15) is 29.3 Å². The largest absolute Gasteiger partial charge is 0.461 e. The lowest BCUT2D eigenvalue weighted by Crippen LogP contribution is -2.29. The highest BCUT2D eigenvalue weighted by molar-refractivity contribution is 6.36. The molecule has 130 valence electrons. The molecule has 1 N–H and O–H groups in total. The smallest absolute Gasteiger partial charge is 0.354 e. The van der Waals surface area contributed by atoms with Gasteiger partial charge in [0.15, 0.2) is 0 Å². The monoisotopic (exact) mass is 377 g/mol. The average Bonchev–Trinajstić information content (AvgIpc) is 2.59. The van der Waals surface area contributed by atoms with Gasteiger partial charge in [0.1, 0.15) is 5.70 Å². The Bertz CT molecular complexity index is 789. The minimum atomic E-state index is -0.607. The number of benzene rings is 2. The zero-order valence-electron chi connectivity index (χ0n) is 13.6. The van der Waals surface area contributed by atoms with Crippen LogP contribution in [0.4, 0.5) is 0 Å². The van der Waals surface area contributed by atoms with Crippen molar-refractivity contribution >= 4 is 41.2 Å². The van der Waals surface area contributed by atoms with Crippen molar-refractivity contribution in [1.29, 1.82) is 0 Å². The summed E-state index contributed by atoms with van der Waals surface area (Å²) in [4.78, 5) is 24.7. The van der Waals surface area contributed by atoms with E-state index in [1.165, 1.54) is 12.1 Å². The van der Waals surface area contributed by atoms with Gasteiger partial charge in [-0.2, -0.15) is 0 Å². The fraction of sp³-hybridized carbons (Fsp3) is 0.158. The van der Waals surface area contributed by atoms with E-state index < -0.39 is 11.9 Å². The van der Waals surface area contributed by atoms with Crippen LogP contribution in [0.25, 0.3) is 6.08 Å². The lowest BCUT2D eigenvalue weighted by Gasteiger charge is -2.11. The normalized spacial score (nSPS) is 11.1. The first-order valence-electron chi connectivity index (χ1n) is 7.71. The van der Waals surface area contributed by atoms with Crippen molar-refractivity contribution in [2.45, 2.75) is 13.3 Å². The summed E-state index contributed by atoms with van der Waals surface area (Å²) in [6, 6.07) is 13.7. The van der Waals surface area contributed by atoms with Crippen LogP contribution >= 0.6 is 23.2 Å². The van der Waals surface area contributed by atoms with Gasteiger partial charge >= 0.3 is 5.97 Å². The molecular weight excluding hydrogens is 361 g/mol. The highest BCUT2D eigenvalue weighted by Crippen LogP contribution is 2.21. The van der Waals surface area contributed by atoms with Gasteiger partial charge in [-0.25, -0.2) is 4.79 Å². The lowest BCUT2D eigenvalue weighted by molar-refractivity contribution is -0.139. The molecule has 0 aromatic heterocycles. The molecule has 0 saturated heterocycles. The predicted octanol–water partition coefficient (Wildman–Crippen LogP) is 4.72. The Morgan fingerprint density at radius 2 is 1.84 bits per heavy atom. The molecule has 6 heteroatoms. The van der Waals surface area contributed by atoms with Gasteiger partial charge < -0.3 is 10.1 Å². The van der Waals surface area contributed by atoms with Crippen molar-refractivity contribution in [2.75, 3.05) is 6.61 Å². The Labute approximate surface area is 156 Å². The summed E-state index contributed by atoms with van der Waals surface area (Å²) < 4.78 is 5.14. The van der Waals surface area contributed by atoms with Gasteiger partial charge in [0.25, 0.3) is 5.91 Å². The van der Waals surface area contributed by atoms with Gasteiger partial charge in [-0.15, -0.1) is 0 Å². The number of nitrogens with one attached hydrogen (secondary N) is 1. The molecule has 0 atom stereocenters. The SMILES string of the molecule is CCCOC(=O)/C(=C/c1ccccc1)NC(=O)c1ccc(Cl)cc1Cl.